The number of H-pyrrole nitrogens is 1. The van der Waals surface area contributed by atoms with Gasteiger partial charge in [-0.3, -0.25) is 0 Å². The van der Waals surface area contributed by atoms with E-state index in [0.29, 0.717) is 0 Å². The van der Waals surface area contributed by atoms with Crippen LogP contribution in [-0.2, 0) is 0 Å². The molecule has 0 amide bonds. The van der Waals surface area contributed by atoms with Crippen LogP contribution in [0.25, 0.3) is 44.1 Å². The van der Waals surface area contributed by atoms with Crippen molar-refractivity contribution in [1.82, 2.24) is 4.98 Å². The molecule has 26 heavy (non-hydrogen) atoms. The summed E-state index contributed by atoms with van der Waals surface area (Å²) in [5.74, 6) is 0. The molecule has 1 heterocycles. The smallest absolute Gasteiger partial charge is 0.0465 e. The Bertz CT molecular complexity index is 1230. The van der Waals surface area contributed by atoms with E-state index in [-0.39, 0.29) is 0 Å². The van der Waals surface area contributed by atoms with Gasteiger partial charge in [0.25, 0.3) is 0 Å². The van der Waals surface area contributed by atoms with Crippen molar-refractivity contribution in [2.75, 3.05) is 0 Å². The van der Waals surface area contributed by atoms with Crippen molar-refractivity contribution < 1.29 is 0 Å². The maximum absolute atomic E-state index is 3.55. The molecule has 0 saturated heterocycles. The van der Waals surface area contributed by atoms with Crippen molar-refractivity contribution in [2.24, 2.45) is 0 Å². The number of fused-ring (bicyclic) bond motifs is 3. The van der Waals surface area contributed by atoms with Crippen molar-refractivity contribution in [3.05, 3.63) is 96.6 Å². The summed E-state index contributed by atoms with van der Waals surface area (Å²) < 4.78 is 0. The van der Waals surface area contributed by atoms with Crippen LogP contribution in [0, 0.1) is 6.92 Å². The molecule has 5 rings (SSSR count). The lowest BCUT2D eigenvalue weighted by Gasteiger charge is -2.04. The molecule has 124 valence electrons. The number of aromatic amines is 1. The second-order valence-electron chi connectivity index (χ2n) is 6.88. The largest absolute Gasteiger partial charge is 0.355 e. The molecule has 1 heteroatoms. The highest BCUT2D eigenvalue weighted by molar-refractivity contribution is 6.09. The molecule has 0 aliphatic rings. The minimum absolute atomic E-state index is 1.18. The molecule has 0 aliphatic heterocycles. The maximum Gasteiger partial charge on any atom is 0.0465 e. The first-order chi connectivity index (χ1) is 12.8. The Morgan fingerprint density at radius 1 is 0.500 bits per heavy atom. The fourth-order valence-electron chi connectivity index (χ4n) is 3.71. The van der Waals surface area contributed by atoms with E-state index in [1.165, 1.54) is 49.6 Å². The molecule has 1 aromatic heterocycles. The Morgan fingerprint density at radius 2 is 1.08 bits per heavy atom. The summed E-state index contributed by atoms with van der Waals surface area (Å²) in [4.78, 5) is 3.55. The van der Waals surface area contributed by atoms with Crippen molar-refractivity contribution >= 4 is 21.8 Å². The van der Waals surface area contributed by atoms with Crippen molar-refractivity contribution in [2.45, 2.75) is 6.92 Å². The van der Waals surface area contributed by atoms with Gasteiger partial charge in [0.05, 0.1) is 0 Å². The van der Waals surface area contributed by atoms with E-state index in [0.717, 1.165) is 0 Å². The number of aryl methyl sites for hydroxylation is 1. The number of hydrogen-bond donors (Lipinski definition) is 1. The number of hydrogen-bond acceptors (Lipinski definition) is 0. The van der Waals surface area contributed by atoms with E-state index in [4.69, 9.17) is 0 Å². The van der Waals surface area contributed by atoms with Gasteiger partial charge in [-0.05, 0) is 53.4 Å². The van der Waals surface area contributed by atoms with Gasteiger partial charge >= 0.3 is 0 Å². The lowest BCUT2D eigenvalue weighted by molar-refractivity contribution is 1.47. The Labute approximate surface area is 152 Å². The van der Waals surface area contributed by atoms with Gasteiger partial charge in [-0.2, -0.15) is 0 Å². The van der Waals surface area contributed by atoms with Crippen LogP contribution in [-0.4, -0.2) is 4.98 Å². The highest BCUT2D eigenvalue weighted by Gasteiger charge is 2.08. The third-order valence-corrected chi connectivity index (χ3v) is 5.06. The Hall–Kier alpha value is -3.32. The van der Waals surface area contributed by atoms with Gasteiger partial charge < -0.3 is 4.98 Å². The molecule has 0 bridgehead atoms. The summed E-state index contributed by atoms with van der Waals surface area (Å²) >= 11 is 0. The van der Waals surface area contributed by atoms with Gasteiger partial charge in [-0.15, -0.1) is 0 Å². The fraction of sp³-hybridized carbons (Fsp3) is 0.0400. The van der Waals surface area contributed by atoms with Crippen LogP contribution in [0.4, 0.5) is 0 Å². The molecule has 0 spiro atoms. The zero-order chi connectivity index (χ0) is 17.5. The van der Waals surface area contributed by atoms with Crippen molar-refractivity contribution in [3.8, 4) is 22.3 Å². The van der Waals surface area contributed by atoms with Crippen LogP contribution >= 0.6 is 0 Å². The van der Waals surface area contributed by atoms with E-state index >= 15 is 0 Å². The third-order valence-electron chi connectivity index (χ3n) is 5.06. The maximum atomic E-state index is 3.55. The molecule has 4 aromatic carbocycles. The standard InChI is InChI=1S/C25H19N/c1-17-6-5-9-19(14-17)21-11-13-25-23(16-21)22-15-20(10-12-24(22)26-25)18-7-3-2-4-8-18/h2-16,26H,1H3. The lowest BCUT2D eigenvalue weighted by atomic mass is 9.99. The van der Waals surface area contributed by atoms with Crippen LogP contribution in [0.15, 0.2) is 91.0 Å². The summed E-state index contributed by atoms with van der Waals surface area (Å²) in [5.41, 5.74) is 8.67. The molecular weight excluding hydrogens is 314 g/mol. The lowest BCUT2D eigenvalue weighted by Crippen LogP contribution is -1.80. The van der Waals surface area contributed by atoms with Crippen LogP contribution in [0.1, 0.15) is 5.56 Å². The molecule has 1 N–H and O–H groups in total. The average Bonchev–Trinajstić information content (AvgIpc) is 3.06. The summed E-state index contributed by atoms with van der Waals surface area (Å²) in [5, 5.41) is 2.55. The summed E-state index contributed by atoms with van der Waals surface area (Å²) in [6.07, 6.45) is 0. The van der Waals surface area contributed by atoms with E-state index in [2.05, 4.69) is 103 Å². The fourth-order valence-corrected chi connectivity index (χ4v) is 3.71. The van der Waals surface area contributed by atoms with Crippen LogP contribution in [0.5, 0.6) is 0 Å². The van der Waals surface area contributed by atoms with E-state index < -0.39 is 0 Å². The molecule has 0 saturated carbocycles. The number of benzene rings is 4. The van der Waals surface area contributed by atoms with Crippen LogP contribution in [0.2, 0.25) is 0 Å². The van der Waals surface area contributed by atoms with Gasteiger partial charge in [0, 0.05) is 21.8 Å². The average molecular weight is 333 g/mol. The zero-order valence-electron chi connectivity index (χ0n) is 14.7. The Kier molecular flexibility index (Phi) is 3.39. The van der Waals surface area contributed by atoms with Crippen LogP contribution < -0.4 is 0 Å². The predicted molar refractivity (Wildman–Crippen MR) is 111 cm³/mol. The normalized spacial score (nSPS) is 11.3. The molecular formula is C25H19N. The number of aromatic nitrogens is 1. The quantitative estimate of drug-likeness (QED) is 0.359. The highest BCUT2D eigenvalue weighted by Crippen LogP contribution is 2.33. The van der Waals surface area contributed by atoms with Gasteiger partial charge in [-0.1, -0.05) is 72.3 Å². The van der Waals surface area contributed by atoms with Crippen molar-refractivity contribution in [1.29, 1.82) is 0 Å². The van der Waals surface area contributed by atoms with E-state index in [1.807, 2.05) is 0 Å². The van der Waals surface area contributed by atoms with Gasteiger partial charge in [0.1, 0.15) is 0 Å². The molecule has 0 atom stereocenters. The molecule has 5 aromatic rings. The summed E-state index contributed by atoms with van der Waals surface area (Å²) in [6.45, 7) is 2.14. The first-order valence-corrected chi connectivity index (χ1v) is 8.96. The number of rotatable bonds is 2. The molecule has 1 nitrogen and oxygen atoms in total. The van der Waals surface area contributed by atoms with E-state index in [1.54, 1.807) is 0 Å². The topological polar surface area (TPSA) is 15.8 Å². The van der Waals surface area contributed by atoms with Gasteiger partial charge in [0.15, 0.2) is 0 Å². The SMILES string of the molecule is Cc1cccc(-c2ccc3[nH]c4ccc(-c5ccccc5)cc4c3c2)c1. The molecule has 0 aliphatic carbocycles. The monoisotopic (exact) mass is 333 g/mol. The second-order valence-corrected chi connectivity index (χ2v) is 6.88. The summed E-state index contributed by atoms with van der Waals surface area (Å²) in [7, 11) is 0. The van der Waals surface area contributed by atoms with Gasteiger partial charge in [0.2, 0.25) is 0 Å². The van der Waals surface area contributed by atoms with E-state index in [9.17, 15) is 0 Å². The Balaban J connectivity index is 1.72. The van der Waals surface area contributed by atoms with Gasteiger partial charge in [-0.25, -0.2) is 0 Å². The molecule has 0 radical (unpaired) electrons. The zero-order valence-corrected chi connectivity index (χ0v) is 14.7. The summed E-state index contributed by atoms with van der Waals surface area (Å²) in [6, 6.07) is 32.6. The minimum atomic E-state index is 1.18. The first-order valence-electron chi connectivity index (χ1n) is 8.96. The number of nitrogens with one attached hydrogen (secondary N) is 1. The third kappa shape index (κ3) is 2.49. The highest BCUT2D eigenvalue weighted by atomic mass is 14.7. The molecule has 0 fully saturated rings. The predicted octanol–water partition coefficient (Wildman–Crippen LogP) is 6.96. The Morgan fingerprint density at radius 3 is 1.73 bits per heavy atom. The minimum Gasteiger partial charge on any atom is -0.355 e. The molecule has 0 unspecified atom stereocenters. The van der Waals surface area contributed by atoms with Crippen molar-refractivity contribution in [3.63, 3.8) is 0 Å². The second kappa shape index (κ2) is 5.89. The first kappa shape index (κ1) is 15.0. The van der Waals surface area contributed by atoms with Crippen LogP contribution in [0.3, 0.4) is 0 Å².